The van der Waals surface area contributed by atoms with Crippen molar-refractivity contribution in [2.24, 2.45) is 0 Å². The van der Waals surface area contributed by atoms with Crippen molar-refractivity contribution in [3.8, 4) is 11.8 Å². The number of hydrogen-bond acceptors (Lipinski definition) is 4. The van der Waals surface area contributed by atoms with E-state index in [0.717, 1.165) is 4.47 Å². The number of halogens is 1. The molecule has 0 aliphatic carbocycles. The molecule has 5 nitrogen and oxygen atoms in total. The molecular formula is C15H12BrN3O2. The maximum Gasteiger partial charge on any atom is 0.262 e. The highest BCUT2D eigenvalue weighted by Gasteiger charge is 2.08. The molecule has 0 fully saturated rings. The summed E-state index contributed by atoms with van der Waals surface area (Å²) in [5.41, 5.74) is 7.02. The van der Waals surface area contributed by atoms with E-state index in [1.54, 1.807) is 42.5 Å². The molecule has 0 unspecified atom stereocenters. The molecule has 0 saturated heterocycles. The average molecular weight is 346 g/mol. The number of anilines is 2. The van der Waals surface area contributed by atoms with Crippen molar-refractivity contribution in [1.82, 2.24) is 0 Å². The molecule has 6 heteroatoms. The van der Waals surface area contributed by atoms with Gasteiger partial charge in [-0.15, -0.1) is 0 Å². The number of nitrogens with one attached hydrogen (secondary N) is 1. The maximum absolute atomic E-state index is 11.8. The molecule has 21 heavy (non-hydrogen) atoms. The van der Waals surface area contributed by atoms with E-state index in [1.165, 1.54) is 0 Å². The van der Waals surface area contributed by atoms with Crippen LogP contribution >= 0.6 is 15.9 Å². The van der Waals surface area contributed by atoms with Crippen LogP contribution in [-0.4, -0.2) is 12.5 Å². The predicted molar refractivity (Wildman–Crippen MR) is 83.8 cm³/mol. The lowest BCUT2D eigenvalue weighted by molar-refractivity contribution is -0.118. The Kier molecular flexibility index (Phi) is 4.80. The molecule has 1 amide bonds. The molecule has 0 saturated carbocycles. The van der Waals surface area contributed by atoms with Crippen LogP contribution in [0.5, 0.6) is 5.75 Å². The molecule has 106 valence electrons. The molecule has 0 aliphatic rings. The van der Waals surface area contributed by atoms with Crippen LogP contribution in [-0.2, 0) is 4.79 Å². The molecule has 0 heterocycles. The Morgan fingerprint density at radius 2 is 2.00 bits per heavy atom. The Balaban J connectivity index is 1.96. The molecule has 2 rings (SSSR count). The third kappa shape index (κ3) is 4.23. The lowest BCUT2D eigenvalue weighted by Gasteiger charge is -2.09. The monoisotopic (exact) mass is 345 g/mol. The highest BCUT2D eigenvalue weighted by Crippen LogP contribution is 2.20. The number of amides is 1. The van der Waals surface area contributed by atoms with E-state index < -0.39 is 0 Å². The summed E-state index contributed by atoms with van der Waals surface area (Å²) in [6, 6.07) is 13.8. The Morgan fingerprint density at radius 1 is 1.29 bits per heavy atom. The normalized spacial score (nSPS) is 9.71. The van der Waals surface area contributed by atoms with E-state index in [0.29, 0.717) is 22.7 Å². The van der Waals surface area contributed by atoms with Gasteiger partial charge in [-0.05, 0) is 42.5 Å². The quantitative estimate of drug-likeness (QED) is 0.833. The zero-order chi connectivity index (χ0) is 15.2. The third-order valence-corrected chi connectivity index (χ3v) is 3.12. The van der Waals surface area contributed by atoms with Crippen LogP contribution in [0.25, 0.3) is 0 Å². The first-order valence-electron chi connectivity index (χ1n) is 6.06. The number of nitrogens with two attached hydrogens (primary N) is 1. The minimum Gasteiger partial charge on any atom is -0.484 e. The summed E-state index contributed by atoms with van der Waals surface area (Å²) >= 11 is 3.27. The summed E-state index contributed by atoms with van der Waals surface area (Å²) in [6.45, 7) is -0.148. The van der Waals surface area contributed by atoms with Gasteiger partial charge in [-0.1, -0.05) is 15.9 Å². The second kappa shape index (κ2) is 6.77. The zero-order valence-electron chi connectivity index (χ0n) is 11.0. The van der Waals surface area contributed by atoms with Gasteiger partial charge in [0.1, 0.15) is 11.8 Å². The van der Waals surface area contributed by atoms with Gasteiger partial charge < -0.3 is 15.8 Å². The van der Waals surface area contributed by atoms with E-state index in [9.17, 15) is 4.79 Å². The lowest BCUT2D eigenvalue weighted by atomic mass is 10.2. The Labute approximate surface area is 130 Å². The Morgan fingerprint density at radius 3 is 2.67 bits per heavy atom. The number of benzene rings is 2. The lowest BCUT2D eigenvalue weighted by Crippen LogP contribution is -2.20. The molecule has 3 N–H and O–H groups in total. The van der Waals surface area contributed by atoms with Gasteiger partial charge in [-0.3, -0.25) is 4.79 Å². The molecule has 2 aromatic rings. The fraction of sp³-hybridized carbons (Fsp3) is 0.0667. The van der Waals surface area contributed by atoms with Gasteiger partial charge in [0, 0.05) is 10.2 Å². The van der Waals surface area contributed by atoms with Crippen molar-refractivity contribution in [2.75, 3.05) is 17.7 Å². The van der Waals surface area contributed by atoms with Crippen LogP contribution in [0.2, 0.25) is 0 Å². The van der Waals surface area contributed by atoms with Crippen LogP contribution in [0.3, 0.4) is 0 Å². The molecular weight excluding hydrogens is 334 g/mol. The van der Waals surface area contributed by atoms with Crippen molar-refractivity contribution in [3.63, 3.8) is 0 Å². The predicted octanol–water partition coefficient (Wildman–Crippen LogP) is 2.92. The second-order valence-corrected chi connectivity index (χ2v) is 5.12. The highest BCUT2D eigenvalue weighted by atomic mass is 79.9. The molecule has 0 aromatic heterocycles. The van der Waals surface area contributed by atoms with Gasteiger partial charge in [0.2, 0.25) is 0 Å². The van der Waals surface area contributed by atoms with E-state index in [1.807, 2.05) is 6.07 Å². The highest BCUT2D eigenvalue weighted by molar-refractivity contribution is 9.10. The van der Waals surface area contributed by atoms with Gasteiger partial charge in [-0.2, -0.15) is 5.26 Å². The van der Waals surface area contributed by atoms with Crippen LogP contribution < -0.4 is 15.8 Å². The van der Waals surface area contributed by atoms with E-state index in [-0.39, 0.29) is 12.5 Å². The Bertz CT molecular complexity index is 693. The van der Waals surface area contributed by atoms with E-state index in [2.05, 4.69) is 21.2 Å². The summed E-state index contributed by atoms with van der Waals surface area (Å²) in [5, 5.41) is 11.7. The number of nitrogens with zero attached hydrogens (tertiary/aromatic N) is 1. The molecule has 0 atom stereocenters. The van der Waals surface area contributed by atoms with E-state index >= 15 is 0 Å². The van der Waals surface area contributed by atoms with Crippen molar-refractivity contribution in [3.05, 3.63) is 52.5 Å². The van der Waals surface area contributed by atoms with Crippen LogP contribution in [0.15, 0.2) is 46.9 Å². The van der Waals surface area contributed by atoms with Crippen molar-refractivity contribution in [2.45, 2.75) is 0 Å². The topological polar surface area (TPSA) is 88.1 Å². The summed E-state index contributed by atoms with van der Waals surface area (Å²) < 4.78 is 6.11. The molecule has 2 aromatic carbocycles. The number of nitriles is 1. The van der Waals surface area contributed by atoms with Gasteiger partial charge in [-0.25, -0.2) is 0 Å². The first-order chi connectivity index (χ1) is 10.1. The number of carbonyl (C=O) groups excluding carboxylic acids is 1. The van der Waals surface area contributed by atoms with Crippen LogP contribution in [0.4, 0.5) is 11.4 Å². The second-order valence-electron chi connectivity index (χ2n) is 4.21. The maximum atomic E-state index is 11.8. The minimum atomic E-state index is -0.342. The smallest absolute Gasteiger partial charge is 0.262 e. The molecule has 0 bridgehead atoms. The summed E-state index contributed by atoms with van der Waals surface area (Å²) in [4.78, 5) is 11.8. The zero-order valence-corrected chi connectivity index (χ0v) is 12.6. The summed E-state index contributed by atoms with van der Waals surface area (Å²) in [5.74, 6) is 0.210. The standard InChI is InChI=1S/C15H12BrN3O2/c16-11-1-6-14(10(7-11)8-17)19-15(20)9-21-13-4-2-12(18)3-5-13/h1-7H,9,18H2,(H,19,20). The first kappa shape index (κ1) is 14.9. The molecule has 0 spiro atoms. The van der Waals surface area contributed by atoms with Gasteiger partial charge in [0.25, 0.3) is 5.91 Å². The fourth-order valence-corrected chi connectivity index (χ4v) is 1.98. The van der Waals surface area contributed by atoms with E-state index in [4.69, 9.17) is 15.7 Å². The third-order valence-electron chi connectivity index (χ3n) is 2.63. The Hall–Kier alpha value is -2.52. The van der Waals surface area contributed by atoms with Gasteiger partial charge >= 0.3 is 0 Å². The first-order valence-corrected chi connectivity index (χ1v) is 6.85. The van der Waals surface area contributed by atoms with Crippen LogP contribution in [0, 0.1) is 11.3 Å². The number of rotatable bonds is 4. The van der Waals surface area contributed by atoms with Gasteiger partial charge in [0.15, 0.2) is 6.61 Å². The van der Waals surface area contributed by atoms with Crippen molar-refractivity contribution < 1.29 is 9.53 Å². The number of hydrogen-bond donors (Lipinski definition) is 2. The van der Waals surface area contributed by atoms with Crippen molar-refractivity contribution in [1.29, 1.82) is 5.26 Å². The number of ether oxygens (including phenoxy) is 1. The SMILES string of the molecule is N#Cc1cc(Br)ccc1NC(=O)COc1ccc(N)cc1. The number of carbonyl (C=O) groups is 1. The molecule has 0 radical (unpaired) electrons. The number of nitrogen functional groups attached to an aromatic ring is 1. The largest absolute Gasteiger partial charge is 0.484 e. The fourth-order valence-electron chi connectivity index (χ4n) is 1.62. The van der Waals surface area contributed by atoms with Crippen LogP contribution in [0.1, 0.15) is 5.56 Å². The summed E-state index contributed by atoms with van der Waals surface area (Å²) in [7, 11) is 0. The molecule has 0 aliphatic heterocycles. The summed E-state index contributed by atoms with van der Waals surface area (Å²) in [6.07, 6.45) is 0. The average Bonchev–Trinajstić information content (AvgIpc) is 2.48. The van der Waals surface area contributed by atoms with Gasteiger partial charge in [0.05, 0.1) is 11.3 Å². The minimum absolute atomic E-state index is 0.148. The van der Waals surface area contributed by atoms with Crippen molar-refractivity contribution >= 4 is 33.2 Å².